The van der Waals surface area contributed by atoms with Gasteiger partial charge in [0, 0.05) is 22.9 Å². The summed E-state index contributed by atoms with van der Waals surface area (Å²) in [6, 6.07) is 18.0. The molecule has 2 heteroatoms. The molecule has 0 saturated carbocycles. The molecule has 3 unspecified atom stereocenters. The van der Waals surface area contributed by atoms with Gasteiger partial charge in [-0.3, -0.25) is 0 Å². The molecule has 0 bridgehead atoms. The molecule has 0 radical (unpaired) electrons. The maximum Gasteiger partial charge on any atom is 0.0444 e. The quantitative estimate of drug-likeness (QED) is 0.740. The fourth-order valence-electron chi connectivity index (χ4n) is 4.30. The molecule has 4 rings (SSSR count). The number of fused-ring (bicyclic) bond motifs is 3. The van der Waals surface area contributed by atoms with E-state index in [1.54, 1.807) is 5.56 Å². The summed E-state index contributed by atoms with van der Waals surface area (Å²) < 4.78 is 0. The molecule has 0 spiro atoms. The fraction of sp³-hybridized carbons (Fsp3) is 0.368. The first-order valence-electron chi connectivity index (χ1n) is 7.79. The van der Waals surface area contributed by atoms with Crippen molar-refractivity contribution in [2.75, 3.05) is 13.6 Å². The Hall–Kier alpha value is -1.31. The molecule has 1 fully saturated rings. The maximum absolute atomic E-state index is 6.49. The highest BCUT2D eigenvalue weighted by atomic mass is 35.5. The molecule has 2 aromatic carbocycles. The van der Waals surface area contributed by atoms with E-state index in [9.17, 15) is 0 Å². The summed E-state index contributed by atoms with van der Waals surface area (Å²) in [7, 11) is 2.27. The Morgan fingerprint density at radius 1 is 0.952 bits per heavy atom. The van der Waals surface area contributed by atoms with Crippen molar-refractivity contribution in [2.24, 2.45) is 0 Å². The molecular formula is C19H20ClN. The molecular weight excluding hydrogens is 278 g/mol. The zero-order valence-electron chi connectivity index (χ0n) is 12.3. The van der Waals surface area contributed by atoms with Gasteiger partial charge in [0.2, 0.25) is 0 Å². The van der Waals surface area contributed by atoms with E-state index in [0.29, 0.717) is 17.9 Å². The number of halogens is 1. The number of nitrogens with zero attached hydrogens (tertiary/aromatic N) is 1. The Morgan fingerprint density at radius 2 is 1.62 bits per heavy atom. The summed E-state index contributed by atoms with van der Waals surface area (Å²) in [6.45, 7) is 1.21. The first-order chi connectivity index (χ1) is 10.3. The minimum absolute atomic E-state index is 0.427. The van der Waals surface area contributed by atoms with Crippen LogP contribution in [0, 0.1) is 0 Å². The summed E-state index contributed by atoms with van der Waals surface area (Å²) in [5, 5.41) is 0.899. The molecule has 3 atom stereocenters. The lowest BCUT2D eigenvalue weighted by Gasteiger charge is -2.37. The van der Waals surface area contributed by atoms with Crippen LogP contribution in [0.25, 0.3) is 0 Å². The number of hydrogen-bond acceptors (Lipinski definition) is 1. The van der Waals surface area contributed by atoms with E-state index >= 15 is 0 Å². The Bertz CT molecular complexity index is 666. The van der Waals surface area contributed by atoms with E-state index in [1.165, 1.54) is 30.5 Å². The number of likely N-dealkylation sites (N-methyl/N-ethyl adjacent to an activating group) is 1. The zero-order valence-corrected chi connectivity index (χ0v) is 13.1. The minimum atomic E-state index is 0.427. The highest BCUT2D eigenvalue weighted by Gasteiger charge is 2.41. The van der Waals surface area contributed by atoms with Crippen LogP contribution in [-0.2, 0) is 0 Å². The third-order valence-electron chi connectivity index (χ3n) is 5.35. The second-order valence-corrected chi connectivity index (χ2v) is 6.79. The summed E-state index contributed by atoms with van der Waals surface area (Å²) >= 11 is 6.49. The Labute approximate surface area is 131 Å². The smallest absolute Gasteiger partial charge is 0.0444 e. The van der Waals surface area contributed by atoms with Crippen LogP contribution in [0.15, 0.2) is 48.5 Å². The molecule has 1 heterocycles. The van der Waals surface area contributed by atoms with Crippen molar-refractivity contribution >= 4 is 11.6 Å². The van der Waals surface area contributed by atoms with Crippen molar-refractivity contribution in [3.8, 4) is 0 Å². The van der Waals surface area contributed by atoms with E-state index in [0.717, 1.165) is 5.02 Å². The number of likely N-dealkylation sites (tertiary alicyclic amines) is 1. The molecule has 1 aliphatic carbocycles. The van der Waals surface area contributed by atoms with E-state index in [1.807, 2.05) is 12.1 Å². The first kappa shape index (κ1) is 13.4. The summed E-state index contributed by atoms with van der Waals surface area (Å²) in [5.41, 5.74) is 4.32. The molecule has 0 amide bonds. The van der Waals surface area contributed by atoms with Crippen LogP contribution in [-0.4, -0.2) is 24.5 Å². The monoisotopic (exact) mass is 297 g/mol. The van der Waals surface area contributed by atoms with Gasteiger partial charge in [0.25, 0.3) is 0 Å². The molecule has 1 aliphatic heterocycles. The molecule has 0 N–H and O–H groups in total. The SMILES string of the molecule is CN1CCC2c3ccccc3C(c3ccccc3Cl)CC21. The van der Waals surface area contributed by atoms with Crippen LogP contribution in [0.3, 0.4) is 0 Å². The van der Waals surface area contributed by atoms with E-state index in [4.69, 9.17) is 11.6 Å². The highest BCUT2D eigenvalue weighted by molar-refractivity contribution is 6.31. The Balaban J connectivity index is 1.85. The molecule has 0 aromatic heterocycles. The maximum atomic E-state index is 6.49. The van der Waals surface area contributed by atoms with Gasteiger partial charge in [-0.1, -0.05) is 54.1 Å². The fourth-order valence-corrected chi connectivity index (χ4v) is 4.57. The van der Waals surface area contributed by atoms with Crippen LogP contribution in [0.5, 0.6) is 0 Å². The lowest BCUT2D eigenvalue weighted by atomic mass is 9.71. The predicted molar refractivity (Wildman–Crippen MR) is 88.1 cm³/mol. The standard InChI is InChI=1S/C19H20ClN/c1-21-11-10-16-13-6-2-3-7-14(13)17(12-19(16)21)15-8-4-5-9-18(15)20/h2-9,16-17,19H,10-12H2,1H3. The van der Waals surface area contributed by atoms with Crippen LogP contribution in [0.4, 0.5) is 0 Å². The summed E-state index contributed by atoms with van der Waals surface area (Å²) in [4.78, 5) is 2.53. The average Bonchev–Trinajstić information content (AvgIpc) is 2.89. The number of rotatable bonds is 1. The first-order valence-corrected chi connectivity index (χ1v) is 8.17. The highest BCUT2D eigenvalue weighted by Crippen LogP contribution is 2.48. The van der Waals surface area contributed by atoms with Crippen molar-refractivity contribution < 1.29 is 0 Å². The van der Waals surface area contributed by atoms with Gasteiger partial charge in [-0.15, -0.1) is 0 Å². The van der Waals surface area contributed by atoms with Gasteiger partial charge in [0.05, 0.1) is 0 Å². The Kier molecular flexibility index (Phi) is 3.28. The lowest BCUT2D eigenvalue weighted by molar-refractivity contribution is 0.265. The topological polar surface area (TPSA) is 3.24 Å². The van der Waals surface area contributed by atoms with Crippen LogP contribution in [0.1, 0.15) is 41.4 Å². The van der Waals surface area contributed by atoms with Crippen molar-refractivity contribution in [3.05, 3.63) is 70.2 Å². The third-order valence-corrected chi connectivity index (χ3v) is 5.70. The van der Waals surface area contributed by atoms with Crippen molar-refractivity contribution in [1.29, 1.82) is 0 Å². The second kappa shape index (κ2) is 5.15. The van der Waals surface area contributed by atoms with Gasteiger partial charge in [0.15, 0.2) is 0 Å². The normalized spacial score (nSPS) is 28.2. The van der Waals surface area contributed by atoms with Gasteiger partial charge in [0.1, 0.15) is 0 Å². The molecule has 1 nitrogen and oxygen atoms in total. The predicted octanol–water partition coefficient (Wildman–Crippen LogP) is 4.66. The number of hydrogen-bond donors (Lipinski definition) is 0. The van der Waals surface area contributed by atoms with Crippen LogP contribution < -0.4 is 0 Å². The lowest BCUT2D eigenvalue weighted by Crippen LogP contribution is -2.34. The van der Waals surface area contributed by atoms with E-state index in [-0.39, 0.29) is 0 Å². The van der Waals surface area contributed by atoms with Crippen LogP contribution in [0.2, 0.25) is 5.02 Å². The van der Waals surface area contributed by atoms with Crippen molar-refractivity contribution in [1.82, 2.24) is 4.90 Å². The largest absolute Gasteiger partial charge is 0.303 e. The van der Waals surface area contributed by atoms with Crippen LogP contribution >= 0.6 is 11.6 Å². The van der Waals surface area contributed by atoms with Gasteiger partial charge in [-0.2, -0.15) is 0 Å². The molecule has 2 aromatic rings. The van der Waals surface area contributed by atoms with E-state index in [2.05, 4.69) is 48.3 Å². The molecule has 21 heavy (non-hydrogen) atoms. The van der Waals surface area contributed by atoms with Gasteiger partial charge in [-0.05, 0) is 49.2 Å². The molecule has 2 aliphatic rings. The summed E-state index contributed by atoms with van der Waals surface area (Å²) in [6.07, 6.45) is 2.47. The van der Waals surface area contributed by atoms with E-state index < -0.39 is 0 Å². The third kappa shape index (κ3) is 2.11. The average molecular weight is 298 g/mol. The van der Waals surface area contributed by atoms with Gasteiger partial charge < -0.3 is 4.90 Å². The minimum Gasteiger partial charge on any atom is -0.303 e. The second-order valence-electron chi connectivity index (χ2n) is 6.38. The summed E-state index contributed by atoms with van der Waals surface area (Å²) in [5.74, 6) is 1.13. The van der Waals surface area contributed by atoms with Crippen molar-refractivity contribution in [3.63, 3.8) is 0 Å². The van der Waals surface area contributed by atoms with Crippen molar-refractivity contribution in [2.45, 2.75) is 30.7 Å². The Morgan fingerprint density at radius 3 is 2.38 bits per heavy atom. The zero-order chi connectivity index (χ0) is 14.4. The van der Waals surface area contributed by atoms with Gasteiger partial charge >= 0.3 is 0 Å². The number of benzene rings is 2. The molecule has 108 valence electrons. The molecule has 1 saturated heterocycles. The van der Waals surface area contributed by atoms with Gasteiger partial charge in [-0.25, -0.2) is 0 Å².